The van der Waals surface area contributed by atoms with E-state index in [0.717, 1.165) is 0 Å². The number of nitrogens with one attached hydrogen (secondary N) is 1. The minimum atomic E-state index is -4.14. The average Bonchev–Trinajstić information content (AvgIpc) is 2.25. The average molecular weight is 333 g/mol. The number of carbonyl (C=O) groups is 1. The number of benzene rings is 1. The summed E-state index contributed by atoms with van der Waals surface area (Å²) in [4.78, 5) is 10.4. The van der Waals surface area contributed by atoms with Crippen molar-refractivity contribution in [2.24, 2.45) is 0 Å². The van der Waals surface area contributed by atoms with Gasteiger partial charge in [0.05, 0.1) is 4.90 Å². The summed E-state index contributed by atoms with van der Waals surface area (Å²) >= 11 is 16.5. The summed E-state index contributed by atoms with van der Waals surface area (Å²) in [5, 5.41) is 8.40. The van der Waals surface area contributed by atoms with E-state index in [4.69, 9.17) is 39.9 Å². The molecule has 0 aliphatic rings. The number of sulfone groups is 1. The third kappa shape index (κ3) is 3.65. The molecule has 0 heterocycles. The van der Waals surface area contributed by atoms with Crippen molar-refractivity contribution >= 4 is 50.7 Å². The van der Waals surface area contributed by atoms with Crippen LogP contribution in [0.3, 0.4) is 0 Å². The molecule has 0 radical (unpaired) electrons. The van der Waals surface area contributed by atoms with E-state index in [1.165, 1.54) is 24.3 Å². The molecule has 0 aliphatic heterocycles. The zero-order chi connectivity index (χ0) is 14.0. The predicted molar refractivity (Wildman–Crippen MR) is 68.9 cm³/mol. The topological polar surface area (TPSA) is 83.5 Å². The molecule has 0 bridgehead atoms. The SMILES string of the molecule is O=C(O)NC(C(Cl)(Cl)Cl)S(=O)(=O)c1ccccc1. The van der Waals surface area contributed by atoms with Crippen molar-refractivity contribution in [3.05, 3.63) is 30.3 Å². The Bertz CT molecular complexity index is 526. The largest absolute Gasteiger partial charge is 0.465 e. The summed E-state index contributed by atoms with van der Waals surface area (Å²) in [5.41, 5.74) is 0. The molecule has 1 atom stereocenters. The van der Waals surface area contributed by atoms with Crippen molar-refractivity contribution in [1.82, 2.24) is 5.32 Å². The fourth-order valence-corrected chi connectivity index (χ4v) is 3.83. The summed E-state index contributed by atoms with van der Waals surface area (Å²) in [6, 6.07) is 7.12. The van der Waals surface area contributed by atoms with Crippen LogP contribution in [0.1, 0.15) is 0 Å². The highest BCUT2D eigenvalue weighted by Crippen LogP contribution is 2.35. The number of hydrogen-bond donors (Lipinski definition) is 2. The van der Waals surface area contributed by atoms with Crippen LogP contribution >= 0.6 is 34.8 Å². The molecule has 0 aromatic heterocycles. The molecule has 1 aromatic rings. The second-order valence-corrected chi connectivity index (χ2v) is 7.63. The molecule has 100 valence electrons. The molecule has 1 rings (SSSR count). The third-order valence-corrected chi connectivity index (χ3v) is 5.00. The highest BCUT2D eigenvalue weighted by Gasteiger charge is 2.44. The van der Waals surface area contributed by atoms with Crippen LogP contribution in [0.5, 0.6) is 0 Å². The van der Waals surface area contributed by atoms with Crippen molar-refractivity contribution in [2.45, 2.75) is 14.1 Å². The van der Waals surface area contributed by atoms with Gasteiger partial charge in [-0.15, -0.1) is 0 Å². The normalized spacial score (nSPS) is 13.9. The van der Waals surface area contributed by atoms with Crippen LogP contribution in [0.2, 0.25) is 0 Å². The summed E-state index contributed by atoms with van der Waals surface area (Å²) in [7, 11) is -4.14. The van der Waals surface area contributed by atoms with Crippen molar-refractivity contribution in [1.29, 1.82) is 0 Å². The van der Waals surface area contributed by atoms with Crippen LogP contribution in [0.15, 0.2) is 35.2 Å². The Morgan fingerprint density at radius 3 is 2.11 bits per heavy atom. The van der Waals surface area contributed by atoms with Crippen LogP contribution in [0.25, 0.3) is 0 Å². The van der Waals surface area contributed by atoms with Gasteiger partial charge >= 0.3 is 6.09 Å². The summed E-state index contributed by atoms with van der Waals surface area (Å²) in [6.45, 7) is 0. The van der Waals surface area contributed by atoms with Gasteiger partial charge in [0.25, 0.3) is 0 Å². The first-order valence-corrected chi connectivity index (χ1v) is 7.19. The lowest BCUT2D eigenvalue weighted by Crippen LogP contribution is -2.48. The highest BCUT2D eigenvalue weighted by atomic mass is 35.6. The number of halogens is 3. The van der Waals surface area contributed by atoms with Gasteiger partial charge in [0.15, 0.2) is 5.37 Å². The van der Waals surface area contributed by atoms with Crippen molar-refractivity contribution in [2.75, 3.05) is 0 Å². The minimum Gasteiger partial charge on any atom is -0.465 e. The third-order valence-electron chi connectivity index (χ3n) is 1.93. The van der Waals surface area contributed by atoms with Crippen molar-refractivity contribution < 1.29 is 18.3 Å². The lowest BCUT2D eigenvalue weighted by Gasteiger charge is -2.24. The molecule has 5 nitrogen and oxygen atoms in total. The standard InChI is InChI=1S/C9H8Cl3NO4S/c10-9(11,12)7(13-8(14)15)18(16,17)6-4-2-1-3-5-6/h1-5,7,13H,(H,14,15). The smallest absolute Gasteiger partial charge is 0.405 e. The van der Waals surface area contributed by atoms with Gasteiger partial charge in [0.1, 0.15) is 0 Å². The molecular formula is C9H8Cl3NO4S. The van der Waals surface area contributed by atoms with E-state index in [9.17, 15) is 13.2 Å². The molecule has 0 fully saturated rings. The van der Waals surface area contributed by atoms with E-state index in [1.807, 2.05) is 0 Å². The second-order valence-electron chi connectivity index (χ2n) is 3.23. The van der Waals surface area contributed by atoms with Crippen molar-refractivity contribution in [3.8, 4) is 0 Å². The zero-order valence-electron chi connectivity index (χ0n) is 8.68. The molecule has 1 amide bonds. The van der Waals surface area contributed by atoms with Gasteiger partial charge in [-0.05, 0) is 12.1 Å². The van der Waals surface area contributed by atoms with E-state index >= 15 is 0 Å². The predicted octanol–water partition coefficient (Wildman–Crippen LogP) is 2.42. The van der Waals surface area contributed by atoms with Gasteiger partial charge in [0.2, 0.25) is 13.6 Å². The summed E-state index contributed by atoms with van der Waals surface area (Å²) < 4.78 is 21.9. The maximum Gasteiger partial charge on any atom is 0.405 e. The van der Waals surface area contributed by atoms with Crippen LogP contribution in [-0.2, 0) is 9.84 Å². The number of amides is 1. The fourth-order valence-electron chi connectivity index (χ4n) is 1.19. The Balaban J connectivity index is 3.25. The quantitative estimate of drug-likeness (QED) is 0.833. The van der Waals surface area contributed by atoms with E-state index in [1.54, 1.807) is 11.4 Å². The molecule has 2 N–H and O–H groups in total. The first kappa shape index (κ1) is 15.4. The Morgan fingerprint density at radius 1 is 1.22 bits per heavy atom. The van der Waals surface area contributed by atoms with Gasteiger partial charge < -0.3 is 10.4 Å². The van der Waals surface area contributed by atoms with E-state index < -0.39 is 25.1 Å². The van der Waals surface area contributed by atoms with Gasteiger partial charge in [-0.25, -0.2) is 13.2 Å². The molecule has 1 unspecified atom stereocenters. The van der Waals surface area contributed by atoms with Crippen LogP contribution in [0.4, 0.5) is 4.79 Å². The minimum absolute atomic E-state index is 0.143. The number of carboxylic acid groups (broad SMARTS) is 1. The second kappa shape index (κ2) is 5.52. The first-order valence-electron chi connectivity index (χ1n) is 4.51. The van der Waals surface area contributed by atoms with E-state index in [2.05, 4.69) is 0 Å². The molecule has 0 saturated carbocycles. The van der Waals surface area contributed by atoms with Gasteiger partial charge in [-0.1, -0.05) is 53.0 Å². The Kier molecular flexibility index (Phi) is 4.72. The molecule has 0 saturated heterocycles. The maximum absolute atomic E-state index is 12.1. The monoisotopic (exact) mass is 331 g/mol. The number of hydrogen-bond acceptors (Lipinski definition) is 3. The summed E-state index contributed by atoms with van der Waals surface area (Å²) in [6.07, 6.45) is -1.61. The summed E-state index contributed by atoms with van der Waals surface area (Å²) in [5.74, 6) is 0. The zero-order valence-corrected chi connectivity index (χ0v) is 11.8. The molecule has 9 heteroatoms. The first-order chi connectivity index (χ1) is 8.15. The number of rotatable bonds is 3. The van der Waals surface area contributed by atoms with Crippen LogP contribution in [0, 0.1) is 0 Å². The van der Waals surface area contributed by atoms with Crippen LogP contribution in [-0.4, -0.2) is 28.8 Å². The van der Waals surface area contributed by atoms with E-state index in [0.29, 0.717) is 0 Å². The number of alkyl halides is 3. The van der Waals surface area contributed by atoms with E-state index in [-0.39, 0.29) is 4.90 Å². The van der Waals surface area contributed by atoms with Crippen LogP contribution < -0.4 is 5.32 Å². The van der Waals surface area contributed by atoms with Gasteiger partial charge in [-0.2, -0.15) is 0 Å². The van der Waals surface area contributed by atoms with Gasteiger partial charge in [-0.3, -0.25) is 0 Å². The maximum atomic E-state index is 12.1. The molecular weight excluding hydrogens is 325 g/mol. The fraction of sp³-hybridized carbons (Fsp3) is 0.222. The Labute approximate surface area is 119 Å². The lowest BCUT2D eigenvalue weighted by atomic mass is 10.4. The van der Waals surface area contributed by atoms with Gasteiger partial charge in [0, 0.05) is 0 Å². The Hall–Kier alpha value is -0.690. The lowest BCUT2D eigenvalue weighted by molar-refractivity contribution is 0.193. The van der Waals surface area contributed by atoms with Crippen molar-refractivity contribution in [3.63, 3.8) is 0 Å². The molecule has 1 aromatic carbocycles. The molecule has 0 aliphatic carbocycles. The highest BCUT2D eigenvalue weighted by molar-refractivity contribution is 7.92. The molecule has 18 heavy (non-hydrogen) atoms. The Morgan fingerprint density at radius 2 is 1.72 bits per heavy atom. The molecule has 0 spiro atoms.